The number of rotatable bonds is 2. The third kappa shape index (κ3) is 2.95. The Balaban J connectivity index is 2.17. The van der Waals surface area contributed by atoms with E-state index in [9.17, 15) is 4.79 Å². The van der Waals surface area contributed by atoms with Crippen LogP contribution in [-0.4, -0.2) is 11.9 Å². The Morgan fingerprint density at radius 1 is 1.33 bits per heavy atom. The van der Waals surface area contributed by atoms with Gasteiger partial charge in [-0.15, -0.1) is 0 Å². The molecule has 3 nitrogen and oxygen atoms in total. The summed E-state index contributed by atoms with van der Waals surface area (Å²) in [6.07, 6.45) is 2.86. The highest BCUT2D eigenvalue weighted by atomic mass is 79.9. The van der Waals surface area contributed by atoms with Crippen LogP contribution in [0.5, 0.6) is 0 Å². The number of hydrogen-bond acceptors (Lipinski definition) is 2. The normalized spacial score (nSPS) is 23.1. The van der Waals surface area contributed by atoms with Crippen molar-refractivity contribution in [1.82, 2.24) is 0 Å². The fourth-order valence-electron chi connectivity index (χ4n) is 2.35. The Bertz CT molecular complexity index is 453. The number of aryl methyl sites for hydroxylation is 1. The smallest absolute Gasteiger partial charge is 0.229 e. The van der Waals surface area contributed by atoms with Crippen molar-refractivity contribution in [2.75, 3.05) is 5.32 Å². The maximum absolute atomic E-state index is 12.2. The Hall–Kier alpha value is -0.390. The molecular weight excluding hydrogens is 360 g/mol. The highest BCUT2D eigenvalue weighted by Crippen LogP contribution is 2.34. The quantitative estimate of drug-likeness (QED) is 0.829. The molecule has 3 N–H and O–H groups in total. The second-order valence-electron chi connectivity index (χ2n) is 4.79. The third-order valence-corrected chi connectivity index (χ3v) is 4.59. The average molecular weight is 376 g/mol. The number of carbonyl (C=O) groups is 1. The number of nitrogens with two attached hydrogens (primary N) is 1. The largest absolute Gasteiger partial charge is 0.327 e. The summed E-state index contributed by atoms with van der Waals surface area (Å²) in [6, 6.07) is 3.96. The minimum absolute atomic E-state index is 0.00648. The SMILES string of the molecule is Cc1cc(Br)c(NC(=O)C2CCCC2N)c(Br)c1. The second kappa shape index (κ2) is 5.72. The summed E-state index contributed by atoms with van der Waals surface area (Å²) >= 11 is 6.95. The van der Waals surface area contributed by atoms with E-state index in [2.05, 4.69) is 37.2 Å². The van der Waals surface area contributed by atoms with Crippen LogP contribution < -0.4 is 11.1 Å². The van der Waals surface area contributed by atoms with Gasteiger partial charge in [0.1, 0.15) is 0 Å². The van der Waals surface area contributed by atoms with E-state index in [1.165, 1.54) is 0 Å². The van der Waals surface area contributed by atoms with Crippen molar-refractivity contribution < 1.29 is 4.79 Å². The van der Waals surface area contributed by atoms with Crippen molar-refractivity contribution in [3.8, 4) is 0 Å². The molecule has 1 aromatic carbocycles. The van der Waals surface area contributed by atoms with Gasteiger partial charge in [0, 0.05) is 15.0 Å². The second-order valence-corrected chi connectivity index (χ2v) is 6.50. The lowest BCUT2D eigenvalue weighted by atomic mass is 10.0. The van der Waals surface area contributed by atoms with Gasteiger partial charge in [0.25, 0.3) is 0 Å². The van der Waals surface area contributed by atoms with Gasteiger partial charge in [-0.3, -0.25) is 4.79 Å². The minimum Gasteiger partial charge on any atom is -0.327 e. The van der Waals surface area contributed by atoms with Crippen LogP contribution in [0.15, 0.2) is 21.1 Å². The molecule has 0 heterocycles. The van der Waals surface area contributed by atoms with Crippen LogP contribution in [0.3, 0.4) is 0 Å². The summed E-state index contributed by atoms with van der Waals surface area (Å²) < 4.78 is 1.77. The highest BCUT2D eigenvalue weighted by Gasteiger charge is 2.30. The Morgan fingerprint density at radius 3 is 2.44 bits per heavy atom. The molecule has 0 aliphatic heterocycles. The van der Waals surface area contributed by atoms with E-state index in [0.29, 0.717) is 0 Å². The molecule has 0 spiro atoms. The number of amides is 1. The van der Waals surface area contributed by atoms with Gasteiger partial charge in [-0.25, -0.2) is 0 Å². The van der Waals surface area contributed by atoms with Crippen molar-refractivity contribution >= 4 is 43.5 Å². The fraction of sp³-hybridized carbons (Fsp3) is 0.462. The molecule has 1 amide bonds. The molecule has 2 unspecified atom stereocenters. The molecule has 1 aliphatic carbocycles. The van der Waals surface area contributed by atoms with Gasteiger partial charge in [0.15, 0.2) is 0 Å². The number of hydrogen-bond donors (Lipinski definition) is 2. The first kappa shape index (κ1) is 14.0. The number of nitrogens with one attached hydrogen (secondary N) is 1. The average Bonchev–Trinajstić information content (AvgIpc) is 2.69. The van der Waals surface area contributed by atoms with Gasteiger partial charge in [0.05, 0.1) is 11.6 Å². The van der Waals surface area contributed by atoms with Crippen LogP contribution in [-0.2, 0) is 4.79 Å². The summed E-state index contributed by atoms with van der Waals surface area (Å²) in [5.74, 6) is -0.0460. The predicted octanol–water partition coefficient (Wildman–Crippen LogP) is 3.59. The van der Waals surface area contributed by atoms with Crippen LogP contribution >= 0.6 is 31.9 Å². The lowest BCUT2D eigenvalue weighted by molar-refractivity contribution is -0.120. The molecule has 18 heavy (non-hydrogen) atoms. The van der Waals surface area contributed by atoms with E-state index in [0.717, 1.165) is 39.5 Å². The summed E-state index contributed by atoms with van der Waals surface area (Å²) in [5.41, 5.74) is 7.86. The highest BCUT2D eigenvalue weighted by molar-refractivity contribution is 9.11. The topological polar surface area (TPSA) is 55.1 Å². The summed E-state index contributed by atoms with van der Waals surface area (Å²) in [5, 5.41) is 2.97. The van der Waals surface area contributed by atoms with E-state index in [4.69, 9.17) is 5.73 Å². The van der Waals surface area contributed by atoms with Gasteiger partial charge >= 0.3 is 0 Å². The molecule has 1 aliphatic rings. The van der Waals surface area contributed by atoms with E-state index in [-0.39, 0.29) is 17.9 Å². The third-order valence-electron chi connectivity index (χ3n) is 3.34. The molecule has 2 atom stereocenters. The first-order valence-electron chi connectivity index (χ1n) is 6.01. The molecule has 5 heteroatoms. The zero-order chi connectivity index (χ0) is 13.3. The van der Waals surface area contributed by atoms with E-state index in [1.54, 1.807) is 0 Å². The zero-order valence-electron chi connectivity index (χ0n) is 10.2. The molecule has 0 aromatic heterocycles. The predicted molar refractivity (Wildman–Crippen MR) is 80.5 cm³/mol. The molecule has 98 valence electrons. The van der Waals surface area contributed by atoms with Gasteiger partial charge in [-0.05, 0) is 69.3 Å². The maximum atomic E-state index is 12.2. The number of anilines is 1. The standard InChI is InChI=1S/C13H16Br2N2O/c1-7-5-9(14)12(10(15)6-7)17-13(18)8-3-2-4-11(8)16/h5-6,8,11H,2-4,16H2,1H3,(H,17,18). The first-order chi connectivity index (χ1) is 8.49. The van der Waals surface area contributed by atoms with Gasteiger partial charge in [-0.2, -0.15) is 0 Å². The Morgan fingerprint density at radius 2 is 1.94 bits per heavy atom. The molecule has 1 fully saturated rings. The lowest BCUT2D eigenvalue weighted by Crippen LogP contribution is -2.34. The van der Waals surface area contributed by atoms with E-state index < -0.39 is 0 Å². The van der Waals surface area contributed by atoms with Crippen molar-refractivity contribution in [3.05, 3.63) is 26.6 Å². The number of halogens is 2. The lowest BCUT2D eigenvalue weighted by Gasteiger charge is -2.17. The Kier molecular flexibility index (Phi) is 4.45. The number of carbonyl (C=O) groups excluding carboxylic acids is 1. The summed E-state index contributed by atoms with van der Waals surface area (Å²) in [7, 11) is 0. The first-order valence-corrected chi connectivity index (χ1v) is 7.59. The molecule has 1 saturated carbocycles. The molecule has 0 bridgehead atoms. The summed E-state index contributed by atoms with van der Waals surface area (Å²) in [4.78, 5) is 12.2. The van der Waals surface area contributed by atoms with Crippen molar-refractivity contribution in [3.63, 3.8) is 0 Å². The van der Waals surface area contributed by atoms with Crippen molar-refractivity contribution in [2.24, 2.45) is 11.7 Å². The van der Waals surface area contributed by atoms with E-state index in [1.807, 2.05) is 19.1 Å². The van der Waals surface area contributed by atoms with Crippen molar-refractivity contribution in [2.45, 2.75) is 32.2 Å². The molecular formula is C13H16Br2N2O. The van der Waals surface area contributed by atoms with Crippen LogP contribution in [0.1, 0.15) is 24.8 Å². The minimum atomic E-state index is -0.0647. The maximum Gasteiger partial charge on any atom is 0.229 e. The van der Waals surface area contributed by atoms with Crippen LogP contribution in [0, 0.1) is 12.8 Å². The number of benzene rings is 1. The van der Waals surface area contributed by atoms with Gasteiger partial charge in [0.2, 0.25) is 5.91 Å². The Labute approximate surface area is 124 Å². The van der Waals surface area contributed by atoms with Crippen LogP contribution in [0.25, 0.3) is 0 Å². The van der Waals surface area contributed by atoms with Crippen LogP contribution in [0.4, 0.5) is 5.69 Å². The summed E-state index contributed by atoms with van der Waals surface area (Å²) in [6.45, 7) is 2.01. The van der Waals surface area contributed by atoms with E-state index >= 15 is 0 Å². The molecule has 2 rings (SSSR count). The molecule has 0 radical (unpaired) electrons. The van der Waals surface area contributed by atoms with Crippen LogP contribution in [0.2, 0.25) is 0 Å². The molecule has 1 aromatic rings. The van der Waals surface area contributed by atoms with Gasteiger partial charge in [-0.1, -0.05) is 6.42 Å². The monoisotopic (exact) mass is 374 g/mol. The fourth-order valence-corrected chi connectivity index (χ4v) is 3.96. The molecule has 0 saturated heterocycles. The van der Waals surface area contributed by atoms with Crippen molar-refractivity contribution in [1.29, 1.82) is 0 Å². The zero-order valence-corrected chi connectivity index (χ0v) is 13.3. The van der Waals surface area contributed by atoms with Gasteiger partial charge < -0.3 is 11.1 Å².